The summed E-state index contributed by atoms with van der Waals surface area (Å²) in [5.74, 6) is 2.46. The van der Waals surface area contributed by atoms with Crippen molar-refractivity contribution in [2.45, 2.75) is 0 Å². The second-order valence-electron chi connectivity index (χ2n) is 6.61. The zero-order valence-electron chi connectivity index (χ0n) is 16.2. The van der Waals surface area contributed by atoms with Gasteiger partial charge >= 0.3 is 0 Å². The van der Waals surface area contributed by atoms with Gasteiger partial charge in [-0.2, -0.15) is 4.98 Å². The van der Waals surface area contributed by atoms with Gasteiger partial charge in [0.15, 0.2) is 5.82 Å². The molecule has 7 heteroatoms. The van der Waals surface area contributed by atoms with E-state index in [1.807, 2.05) is 53.4 Å². The number of carbonyl (C=O) groups is 1. The molecule has 1 aliphatic heterocycles. The maximum Gasteiger partial charge on any atom is 0.257 e. The number of ether oxygens (including phenoxy) is 2. The van der Waals surface area contributed by atoms with E-state index in [9.17, 15) is 4.79 Å². The van der Waals surface area contributed by atoms with Crippen LogP contribution in [-0.4, -0.2) is 54.1 Å². The van der Waals surface area contributed by atoms with Gasteiger partial charge in [0.25, 0.3) is 5.91 Å². The first-order valence-electron chi connectivity index (χ1n) is 9.47. The Balaban J connectivity index is 1.45. The van der Waals surface area contributed by atoms with Gasteiger partial charge in [0.2, 0.25) is 5.88 Å². The summed E-state index contributed by atoms with van der Waals surface area (Å²) in [4.78, 5) is 25.7. The minimum atomic E-state index is -0.0343. The Hall–Kier alpha value is -3.61. The van der Waals surface area contributed by atoms with Crippen LogP contribution in [0.5, 0.6) is 17.4 Å². The molecule has 1 saturated heterocycles. The van der Waals surface area contributed by atoms with Crippen LogP contribution < -0.4 is 14.4 Å². The van der Waals surface area contributed by atoms with Crippen LogP contribution in [0.4, 0.5) is 5.82 Å². The van der Waals surface area contributed by atoms with Crippen LogP contribution in [0.15, 0.2) is 67.0 Å². The van der Waals surface area contributed by atoms with Gasteiger partial charge < -0.3 is 19.3 Å². The summed E-state index contributed by atoms with van der Waals surface area (Å²) in [5.41, 5.74) is 0.561. The molecule has 1 aromatic heterocycles. The van der Waals surface area contributed by atoms with Crippen molar-refractivity contribution in [3.63, 3.8) is 0 Å². The molecule has 1 amide bonds. The molecule has 0 unspecified atom stereocenters. The average Bonchev–Trinajstić information content (AvgIpc) is 2.80. The van der Waals surface area contributed by atoms with Crippen LogP contribution in [0.1, 0.15) is 10.4 Å². The van der Waals surface area contributed by atoms with Gasteiger partial charge in [-0.15, -0.1) is 0 Å². The van der Waals surface area contributed by atoms with Crippen molar-refractivity contribution >= 4 is 11.7 Å². The van der Waals surface area contributed by atoms with E-state index in [1.54, 1.807) is 25.6 Å². The van der Waals surface area contributed by atoms with Gasteiger partial charge in [0, 0.05) is 26.2 Å². The third-order valence-electron chi connectivity index (χ3n) is 4.79. The summed E-state index contributed by atoms with van der Waals surface area (Å²) in [5, 5.41) is 0. The second-order valence-corrected chi connectivity index (χ2v) is 6.61. The topological polar surface area (TPSA) is 67.8 Å². The van der Waals surface area contributed by atoms with Crippen LogP contribution in [0, 0.1) is 0 Å². The van der Waals surface area contributed by atoms with Crippen molar-refractivity contribution < 1.29 is 14.3 Å². The van der Waals surface area contributed by atoms with Gasteiger partial charge in [-0.1, -0.05) is 30.3 Å². The van der Waals surface area contributed by atoms with Crippen molar-refractivity contribution in [2.24, 2.45) is 0 Å². The zero-order valence-corrected chi connectivity index (χ0v) is 16.2. The van der Waals surface area contributed by atoms with E-state index in [2.05, 4.69) is 14.9 Å². The molecule has 1 aliphatic rings. The molecule has 1 fully saturated rings. The Morgan fingerprint density at radius 1 is 0.931 bits per heavy atom. The van der Waals surface area contributed by atoms with Gasteiger partial charge in [-0.25, -0.2) is 0 Å². The van der Waals surface area contributed by atoms with Gasteiger partial charge in [0.05, 0.1) is 25.1 Å². The highest BCUT2D eigenvalue weighted by Gasteiger charge is 2.25. The number of amides is 1. The van der Waals surface area contributed by atoms with Crippen LogP contribution in [0.3, 0.4) is 0 Å². The van der Waals surface area contributed by atoms with Gasteiger partial charge in [0.1, 0.15) is 11.5 Å². The number of carbonyl (C=O) groups excluding carboxylic acids is 1. The Labute approximate surface area is 169 Å². The summed E-state index contributed by atoms with van der Waals surface area (Å²) in [6.45, 7) is 2.54. The molecule has 2 heterocycles. The number of anilines is 1. The van der Waals surface area contributed by atoms with Crippen molar-refractivity contribution in [1.82, 2.24) is 14.9 Å². The first kappa shape index (κ1) is 18.7. The molecule has 7 nitrogen and oxygen atoms in total. The van der Waals surface area contributed by atoms with E-state index in [-0.39, 0.29) is 5.91 Å². The van der Waals surface area contributed by atoms with Crippen LogP contribution in [-0.2, 0) is 0 Å². The number of hydrogen-bond donors (Lipinski definition) is 0. The fourth-order valence-corrected chi connectivity index (χ4v) is 3.25. The predicted molar refractivity (Wildman–Crippen MR) is 110 cm³/mol. The minimum Gasteiger partial charge on any atom is -0.480 e. The highest BCUT2D eigenvalue weighted by molar-refractivity contribution is 5.97. The van der Waals surface area contributed by atoms with Gasteiger partial charge in [-0.05, 0) is 24.3 Å². The SMILES string of the molecule is COc1cncc(N2CCN(C(=O)c3ccccc3Oc3ccccc3)CC2)n1. The van der Waals surface area contributed by atoms with E-state index in [0.717, 1.165) is 5.82 Å². The third kappa shape index (κ3) is 4.29. The van der Waals surface area contributed by atoms with Crippen molar-refractivity contribution in [3.05, 3.63) is 72.6 Å². The molecule has 4 rings (SSSR count). The first-order chi connectivity index (χ1) is 14.2. The molecule has 0 saturated carbocycles. The van der Waals surface area contributed by atoms with Crippen LogP contribution in [0.25, 0.3) is 0 Å². The van der Waals surface area contributed by atoms with E-state index in [1.165, 1.54) is 0 Å². The Bertz CT molecular complexity index is 973. The fourth-order valence-electron chi connectivity index (χ4n) is 3.25. The molecule has 0 N–H and O–H groups in total. The van der Waals surface area contributed by atoms with Gasteiger partial charge in [-0.3, -0.25) is 9.78 Å². The Morgan fingerprint density at radius 3 is 2.41 bits per heavy atom. The summed E-state index contributed by atoms with van der Waals surface area (Å²) in [6.07, 6.45) is 3.29. The lowest BCUT2D eigenvalue weighted by Gasteiger charge is -2.35. The second kappa shape index (κ2) is 8.60. The predicted octanol–water partition coefficient (Wildman–Crippen LogP) is 3.24. The molecule has 0 bridgehead atoms. The standard InChI is InChI=1S/C22H22N4O3/c1-28-21-16-23-15-20(24-21)25-11-13-26(14-12-25)22(27)18-9-5-6-10-19(18)29-17-7-3-2-4-8-17/h2-10,15-16H,11-14H2,1H3. The first-order valence-corrected chi connectivity index (χ1v) is 9.47. The summed E-state index contributed by atoms with van der Waals surface area (Å²) in [6, 6.07) is 16.8. The molecule has 0 spiro atoms. The number of piperazine rings is 1. The van der Waals surface area contributed by atoms with E-state index >= 15 is 0 Å². The molecule has 0 atom stereocenters. The Kier molecular flexibility index (Phi) is 5.56. The van der Waals surface area contributed by atoms with E-state index < -0.39 is 0 Å². The van der Waals surface area contributed by atoms with E-state index in [0.29, 0.717) is 49.1 Å². The highest BCUT2D eigenvalue weighted by atomic mass is 16.5. The maximum absolute atomic E-state index is 13.1. The molecule has 3 aromatic rings. The number of nitrogens with zero attached hydrogens (tertiary/aromatic N) is 4. The number of hydrogen-bond acceptors (Lipinski definition) is 6. The number of methoxy groups -OCH3 is 1. The molecular weight excluding hydrogens is 368 g/mol. The molecule has 0 radical (unpaired) electrons. The quantitative estimate of drug-likeness (QED) is 0.666. The number of aromatic nitrogens is 2. The summed E-state index contributed by atoms with van der Waals surface area (Å²) in [7, 11) is 1.57. The smallest absolute Gasteiger partial charge is 0.257 e. The van der Waals surface area contributed by atoms with Crippen LogP contribution >= 0.6 is 0 Å². The Morgan fingerprint density at radius 2 is 1.66 bits per heavy atom. The molecule has 148 valence electrons. The minimum absolute atomic E-state index is 0.0343. The third-order valence-corrected chi connectivity index (χ3v) is 4.79. The number of benzene rings is 2. The fraction of sp³-hybridized carbons (Fsp3) is 0.227. The lowest BCUT2D eigenvalue weighted by molar-refractivity contribution is 0.0744. The van der Waals surface area contributed by atoms with Crippen molar-refractivity contribution in [3.8, 4) is 17.4 Å². The van der Waals surface area contributed by atoms with E-state index in [4.69, 9.17) is 9.47 Å². The molecule has 29 heavy (non-hydrogen) atoms. The number of rotatable bonds is 5. The maximum atomic E-state index is 13.1. The monoisotopic (exact) mass is 390 g/mol. The van der Waals surface area contributed by atoms with Crippen molar-refractivity contribution in [1.29, 1.82) is 0 Å². The highest BCUT2D eigenvalue weighted by Crippen LogP contribution is 2.26. The van der Waals surface area contributed by atoms with Crippen molar-refractivity contribution in [2.75, 3.05) is 38.2 Å². The number of para-hydroxylation sites is 2. The molecular formula is C22H22N4O3. The average molecular weight is 390 g/mol. The lowest BCUT2D eigenvalue weighted by Crippen LogP contribution is -2.49. The summed E-state index contributed by atoms with van der Waals surface area (Å²) >= 11 is 0. The lowest BCUT2D eigenvalue weighted by atomic mass is 10.1. The largest absolute Gasteiger partial charge is 0.480 e. The molecule has 2 aromatic carbocycles. The van der Waals surface area contributed by atoms with Crippen LogP contribution in [0.2, 0.25) is 0 Å². The normalized spacial score (nSPS) is 13.8. The summed E-state index contributed by atoms with van der Waals surface area (Å²) < 4.78 is 11.1. The molecule has 0 aliphatic carbocycles. The zero-order chi connectivity index (χ0) is 20.1.